The number of benzene rings is 2. The van der Waals surface area contributed by atoms with Crippen molar-refractivity contribution in [2.75, 3.05) is 46.0 Å². The number of alkyl halides is 1. The topological polar surface area (TPSA) is 31.5 Å². The van der Waals surface area contributed by atoms with Gasteiger partial charge in [-0.25, -0.2) is 4.39 Å². The number of aromatic nitrogens is 1. The van der Waals surface area contributed by atoms with Gasteiger partial charge in [-0.1, -0.05) is 30.3 Å². The van der Waals surface area contributed by atoms with Gasteiger partial charge in [-0.05, 0) is 30.5 Å². The van der Waals surface area contributed by atoms with Crippen LogP contribution in [0.3, 0.4) is 0 Å². The van der Waals surface area contributed by atoms with Crippen molar-refractivity contribution in [3.8, 4) is 5.75 Å². The molecule has 0 saturated carbocycles. The van der Waals surface area contributed by atoms with Gasteiger partial charge in [-0.2, -0.15) is 0 Å². The van der Waals surface area contributed by atoms with Crippen LogP contribution in [0.15, 0.2) is 55.1 Å². The lowest BCUT2D eigenvalue weighted by Gasteiger charge is -2.37. The third kappa shape index (κ3) is 4.42. The van der Waals surface area contributed by atoms with E-state index in [4.69, 9.17) is 4.74 Å². The minimum atomic E-state index is -0.257. The summed E-state index contributed by atoms with van der Waals surface area (Å²) in [5.74, 6) is 0.439. The van der Waals surface area contributed by atoms with E-state index in [9.17, 15) is 4.39 Å². The zero-order chi connectivity index (χ0) is 22.8. The van der Waals surface area contributed by atoms with Gasteiger partial charge in [0.25, 0.3) is 0 Å². The van der Waals surface area contributed by atoms with Crippen molar-refractivity contribution >= 4 is 10.9 Å². The molecule has 0 radical (unpaired) electrons. The van der Waals surface area contributed by atoms with Crippen molar-refractivity contribution in [2.24, 2.45) is 5.92 Å². The average molecular weight is 452 g/mol. The van der Waals surface area contributed by atoms with Crippen LogP contribution in [0.5, 0.6) is 5.75 Å². The van der Waals surface area contributed by atoms with Crippen LogP contribution in [0.1, 0.15) is 29.3 Å². The first kappa shape index (κ1) is 22.1. The molecule has 6 heteroatoms. The van der Waals surface area contributed by atoms with Crippen molar-refractivity contribution in [2.45, 2.75) is 18.9 Å². The monoisotopic (exact) mass is 451 g/mol. The fraction of sp³-hybridized carbons (Fsp3) is 0.407. The van der Waals surface area contributed by atoms with Gasteiger partial charge < -0.3 is 9.72 Å². The van der Waals surface area contributed by atoms with Crippen LogP contribution >= 0.6 is 0 Å². The lowest BCUT2D eigenvalue weighted by Crippen LogP contribution is -2.49. The van der Waals surface area contributed by atoms with Crippen molar-refractivity contribution < 1.29 is 13.5 Å². The van der Waals surface area contributed by atoms with Crippen LogP contribution < -0.4 is 4.74 Å². The Morgan fingerprint density at radius 1 is 1.15 bits per heavy atom. The molecule has 4 nitrogen and oxygen atoms in total. The molecule has 3 aromatic rings. The molecule has 0 bridgehead atoms. The molecule has 2 aliphatic rings. The zero-order valence-corrected chi connectivity index (χ0v) is 18.9. The molecule has 3 heterocycles. The van der Waals surface area contributed by atoms with E-state index in [0.717, 1.165) is 56.8 Å². The minimum absolute atomic E-state index is 0.163. The maximum absolute atomic E-state index is 15.4. The molecule has 1 saturated heterocycles. The van der Waals surface area contributed by atoms with E-state index in [-0.39, 0.29) is 24.5 Å². The predicted octanol–water partition coefficient (Wildman–Crippen LogP) is 5.11. The Balaban J connectivity index is 1.37. The zero-order valence-electron chi connectivity index (χ0n) is 18.9. The molecule has 2 aromatic carbocycles. The Kier molecular flexibility index (Phi) is 6.47. The number of para-hydroxylation sites is 1. The molecule has 1 atom stereocenters. The van der Waals surface area contributed by atoms with Gasteiger partial charge in [0.2, 0.25) is 0 Å². The number of ether oxygens (including phenoxy) is 1. The van der Waals surface area contributed by atoms with Crippen LogP contribution in [0.2, 0.25) is 0 Å². The summed E-state index contributed by atoms with van der Waals surface area (Å²) >= 11 is 0. The van der Waals surface area contributed by atoms with Gasteiger partial charge in [0.1, 0.15) is 18.2 Å². The number of hydrogen-bond acceptors (Lipinski definition) is 3. The van der Waals surface area contributed by atoms with Gasteiger partial charge in [0, 0.05) is 66.9 Å². The van der Waals surface area contributed by atoms with Crippen LogP contribution in [0.4, 0.5) is 8.78 Å². The Labute approximate surface area is 193 Å². The van der Waals surface area contributed by atoms with E-state index >= 15 is 4.39 Å². The number of likely N-dealkylation sites (tertiary alicyclic amines) is 1. The normalized spacial score (nSPS) is 19.4. The second-order valence-electron chi connectivity index (χ2n) is 9.14. The molecule has 1 aromatic heterocycles. The SMILES string of the molecule is C=CCCN1CCc2c([nH]c3ccccc23)[C@H]1c1ccc(OCCN2CC(CF)C2)cc1F. The molecule has 33 heavy (non-hydrogen) atoms. The number of nitrogens with zero attached hydrogens (tertiary/aromatic N) is 2. The molecule has 0 aliphatic carbocycles. The number of aromatic amines is 1. The average Bonchev–Trinajstić information content (AvgIpc) is 3.18. The van der Waals surface area contributed by atoms with E-state index in [2.05, 4.69) is 39.6 Å². The van der Waals surface area contributed by atoms with E-state index in [1.807, 2.05) is 24.3 Å². The van der Waals surface area contributed by atoms with Gasteiger partial charge in [-0.15, -0.1) is 6.58 Å². The largest absolute Gasteiger partial charge is 0.492 e. The second kappa shape index (κ2) is 9.65. The smallest absolute Gasteiger partial charge is 0.132 e. The third-order valence-electron chi connectivity index (χ3n) is 6.95. The highest BCUT2D eigenvalue weighted by Gasteiger charge is 2.33. The number of nitrogens with one attached hydrogen (secondary N) is 1. The highest BCUT2D eigenvalue weighted by molar-refractivity contribution is 5.85. The van der Waals surface area contributed by atoms with Gasteiger partial charge in [-0.3, -0.25) is 14.2 Å². The summed E-state index contributed by atoms with van der Waals surface area (Å²) in [6, 6.07) is 13.4. The van der Waals surface area contributed by atoms with Gasteiger partial charge >= 0.3 is 0 Å². The first-order valence-corrected chi connectivity index (χ1v) is 11.8. The van der Waals surface area contributed by atoms with Crippen molar-refractivity contribution in [3.63, 3.8) is 0 Å². The highest BCUT2D eigenvalue weighted by Crippen LogP contribution is 2.39. The number of rotatable bonds is 9. The first-order valence-electron chi connectivity index (χ1n) is 11.8. The number of H-pyrrole nitrogens is 1. The second-order valence-corrected chi connectivity index (χ2v) is 9.14. The standard InChI is InChI=1S/C27H31F2N3O/c1-2-3-11-32-12-10-22-21-6-4-5-7-25(21)30-26(22)27(32)23-9-8-20(15-24(23)29)33-14-13-31-17-19(16-28)18-31/h2,4-9,15,19,27,30H,1,3,10-14,16-18H2/t27-/m1/s1. The minimum Gasteiger partial charge on any atom is -0.492 e. The molecule has 5 rings (SSSR count). The number of hydrogen-bond donors (Lipinski definition) is 1. The van der Waals surface area contributed by atoms with Crippen molar-refractivity contribution in [3.05, 3.63) is 77.8 Å². The molecule has 2 aliphatic heterocycles. The Bertz CT molecular complexity index is 1120. The Morgan fingerprint density at radius 2 is 2.00 bits per heavy atom. The van der Waals surface area contributed by atoms with Gasteiger partial charge in [0.15, 0.2) is 0 Å². The lowest BCUT2D eigenvalue weighted by molar-refractivity contribution is 0.0668. The van der Waals surface area contributed by atoms with E-state index in [1.54, 1.807) is 0 Å². The fourth-order valence-electron chi connectivity index (χ4n) is 5.21. The maximum Gasteiger partial charge on any atom is 0.132 e. The molecular weight excluding hydrogens is 420 g/mol. The van der Waals surface area contributed by atoms with Crippen molar-refractivity contribution in [1.82, 2.24) is 14.8 Å². The molecule has 0 amide bonds. The molecule has 174 valence electrons. The first-order chi connectivity index (χ1) is 16.2. The quantitative estimate of drug-likeness (QED) is 0.459. The van der Waals surface area contributed by atoms with E-state index in [0.29, 0.717) is 17.9 Å². The van der Waals surface area contributed by atoms with Crippen LogP contribution in [0, 0.1) is 11.7 Å². The van der Waals surface area contributed by atoms with Crippen LogP contribution in [-0.2, 0) is 6.42 Å². The maximum atomic E-state index is 15.4. The highest BCUT2D eigenvalue weighted by atomic mass is 19.1. The third-order valence-corrected chi connectivity index (χ3v) is 6.95. The fourth-order valence-corrected chi connectivity index (χ4v) is 5.21. The summed E-state index contributed by atoms with van der Waals surface area (Å²) < 4.78 is 33.8. The summed E-state index contributed by atoms with van der Waals surface area (Å²) in [6.45, 7) is 8.08. The van der Waals surface area contributed by atoms with E-state index < -0.39 is 0 Å². The van der Waals surface area contributed by atoms with Crippen LogP contribution in [0.25, 0.3) is 10.9 Å². The number of halogens is 2. The molecule has 0 spiro atoms. The van der Waals surface area contributed by atoms with E-state index in [1.165, 1.54) is 17.0 Å². The summed E-state index contributed by atoms with van der Waals surface area (Å²) in [6.07, 6.45) is 3.71. The summed E-state index contributed by atoms with van der Waals surface area (Å²) in [7, 11) is 0. The Hall–Kier alpha value is -2.70. The Morgan fingerprint density at radius 3 is 2.79 bits per heavy atom. The van der Waals surface area contributed by atoms with Crippen LogP contribution in [-0.4, -0.2) is 60.8 Å². The molecule has 0 unspecified atom stereocenters. The summed E-state index contributed by atoms with van der Waals surface area (Å²) in [5.41, 5.74) is 4.12. The lowest BCUT2D eigenvalue weighted by atomic mass is 9.92. The molecular formula is C27H31F2N3O. The van der Waals surface area contributed by atoms with Gasteiger partial charge in [0.05, 0.1) is 12.7 Å². The molecule has 1 N–H and O–H groups in total. The molecule has 1 fully saturated rings. The predicted molar refractivity (Wildman–Crippen MR) is 128 cm³/mol. The summed E-state index contributed by atoms with van der Waals surface area (Å²) in [5, 5.41) is 1.22. The number of fused-ring (bicyclic) bond motifs is 3. The van der Waals surface area contributed by atoms with Crippen molar-refractivity contribution in [1.29, 1.82) is 0 Å². The summed E-state index contributed by atoms with van der Waals surface area (Å²) in [4.78, 5) is 8.08.